The summed E-state index contributed by atoms with van der Waals surface area (Å²) in [4.78, 5) is 0. The molecule has 1 N–H and O–H groups in total. The minimum absolute atomic E-state index is 0.226. The molecule has 2 aliphatic rings. The van der Waals surface area contributed by atoms with E-state index in [-0.39, 0.29) is 5.54 Å². The quantitative estimate of drug-likeness (QED) is 0.562. The molecule has 1 unspecified atom stereocenters. The third kappa shape index (κ3) is 0.760. The van der Waals surface area contributed by atoms with Crippen molar-refractivity contribution < 1.29 is 0 Å². The lowest BCUT2D eigenvalue weighted by Crippen LogP contribution is -2.43. The van der Waals surface area contributed by atoms with Crippen LogP contribution in [0.2, 0.25) is 0 Å². The summed E-state index contributed by atoms with van der Waals surface area (Å²) in [7, 11) is 2.10. The van der Waals surface area contributed by atoms with Gasteiger partial charge >= 0.3 is 0 Å². The number of fused-ring (bicyclic) bond motifs is 2. The number of nitrogens with zero attached hydrogens (tertiary/aromatic N) is 1. The molecule has 0 aromatic carbocycles. The summed E-state index contributed by atoms with van der Waals surface area (Å²) in [6, 6.07) is 0. The van der Waals surface area contributed by atoms with Gasteiger partial charge in [0.05, 0.1) is 5.54 Å². The number of nitrogens with one attached hydrogen (secondary N) is 1. The fourth-order valence-corrected chi connectivity index (χ4v) is 1.77. The van der Waals surface area contributed by atoms with Gasteiger partial charge in [-0.1, -0.05) is 11.6 Å². The van der Waals surface area contributed by atoms with Gasteiger partial charge in [-0.25, -0.2) is 5.01 Å². The number of likely N-dealkylation sites (N-methyl/N-ethyl adjacent to an activating group) is 1. The topological polar surface area (TPSA) is 15.3 Å². The van der Waals surface area contributed by atoms with Crippen LogP contribution in [0.15, 0.2) is 23.4 Å². The average Bonchev–Trinajstić information content (AvgIpc) is 2.19. The monoisotopic (exact) mass is 150 g/mol. The molecule has 2 heteroatoms. The van der Waals surface area contributed by atoms with Crippen LogP contribution in [0.4, 0.5) is 0 Å². The van der Waals surface area contributed by atoms with Crippen molar-refractivity contribution in [2.24, 2.45) is 0 Å². The molecule has 0 spiro atoms. The van der Waals surface area contributed by atoms with Gasteiger partial charge in [0.15, 0.2) is 0 Å². The number of rotatable bonds is 0. The van der Waals surface area contributed by atoms with Gasteiger partial charge in [0, 0.05) is 19.2 Å². The maximum absolute atomic E-state index is 3.33. The average molecular weight is 150 g/mol. The third-order valence-corrected chi connectivity index (χ3v) is 2.97. The normalized spacial score (nSPS) is 36.3. The van der Waals surface area contributed by atoms with E-state index in [0.29, 0.717) is 0 Å². The Morgan fingerprint density at radius 3 is 2.91 bits per heavy atom. The van der Waals surface area contributed by atoms with Crippen molar-refractivity contribution in [2.45, 2.75) is 25.8 Å². The second-order valence-corrected chi connectivity index (χ2v) is 3.66. The predicted octanol–water partition coefficient (Wildman–Crippen LogP) is 1.43. The molecule has 2 rings (SSSR count). The molecule has 1 aliphatic carbocycles. The Hall–Kier alpha value is -0.760. The van der Waals surface area contributed by atoms with Crippen molar-refractivity contribution in [1.82, 2.24) is 10.4 Å². The van der Waals surface area contributed by atoms with Gasteiger partial charge in [-0.15, -0.1) is 0 Å². The molecule has 0 saturated carbocycles. The molecule has 1 fully saturated rings. The van der Waals surface area contributed by atoms with Crippen molar-refractivity contribution >= 4 is 0 Å². The van der Waals surface area contributed by atoms with Gasteiger partial charge < -0.3 is 5.43 Å². The molecular weight excluding hydrogens is 136 g/mol. The first-order valence-electron chi connectivity index (χ1n) is 4.01. The van der Waals surface area contributed by atoms with E-state index >= 15 is 0 Å². The Morgan fingerprint density at radius 1 is 1.55 bits per heavy atom. The zero-order valence-corrected chi connectivity index (χ0v) is 7.31. The minimum Gasteiger partial charge on any atom is -0.322 e. The Balaban J connectivity index is 2.46. The highest BCUT2D eigenvalue weighted by molar-refractivity contribution is 5.35. The Bertz CT molecular complexity index is 252. The first-order chi connectivity index (χ1) is 5.13. The van der Waals surface area contributed by atoms with Gasteiger partial charge in [-0.2, -0.15) is 0 Å². The summed E-state index contributed by atoms with van der Waals surface area (Å²) in [5.74, 6) is 0. The Morgan fingerprint density at radius 2 is 2.27 bits per heavy atom. The van der Waals surface area contributed by atoms with Crippen molar-refractivity contribution in [3.63, 3.8) is 0 Å². The van der Waals surface area contributed by atoms with E-state index in [2.05, 4.69) is 43.5 Å². The van der Waals surface area contributed by atoms with Crippen LogP contribution < -0.4 is 5.43 Å². The van der Waals surface area contributed by atoms with E-state index in [1.165, 1.54) is 11.3 Å². The molecule has 2 bridgehead atoms. The molecule has 1 aliphatic heterocycles. The number of hydrogen-bond donors (Lipinski definition) is 1. The van der Waals surface area contributed by atoms with Gasteiger partial charge in [0.25, 0.3) is 0 Å². The molecule has 1 heterocycles. The number of allylic oxidation sites excluding steroid dienone is 2. The van der Waals surface area contributed by atoms with E-state index in [9.17, 15) is 0 Å². The van der Waals surface area contributed by atoms with Crippen LogP contribution >= 0.6 is 0 Å². The van der Waals surface area contributed by atoms with Gasteiger partial charge in [0.1, 0.15) is 0 Å². The standard InChI is InChI=1S/C9H14N2/c1-7-4-5-8-6-9(7,2)11(3)10-8/h4-5,10H,6H2,1-3H3. The Kier molecular flexibility index (Phi) is 1.19. The molecule has 2 nitrogen and oxygen atoms in total. The lowest BCUT2D eigenvalue weighted by Gasteiger charge is -2.31. The zero-order chi connectivity index (χ0) is 8.06. The molecule has 1 atom stereocenters. The smallest absolute Gasteiger partial charge is 0.0633 e. The molecule has 0 amide bonds. The molecular formula is C9H14N2. The lowest BCUT2D eigenvalue weighted by atomic mass is 9.86. The molecule has 60 valence electrons. The summed E-state index contributed by atoms with van der Waals surface area (Å²) >= 11 is 0. The van der Waals surface area contributed by atoms with E-state index in [4.69, 9.17) is 0 Å². The molecule has 11 heavy (non-hydrogen) atoms. The summed E-state index contributed by atoms with van der Waals surface area (Å²) in [6.45, 7) is 4.46. The predicted molar refractivity (Wildman–Crippen MR) is 45.8 cm³/mol. The van der Waals surface area contributed by atoms with E-state index in [0.717, 1.165) is 6.42 Å². The summed E-state index contributed by atoms with van der Waals surface area (Å²) in [6.07, 6.45) is 5.50. The zero-order valence-electron chi connectivity index (χ0n) is 7.31. The highest BCUT2D eigenvalue weighted by Crippen LogP contribution is 2.36. The fraction of sp³-hybridized carbons (Fsp3) is 0.556. The molecule has 0 aromatic heterocycles. The van der Waals surface area contributed by atoms with Gasteiger partial charge in [0.2, 0.25) is 0 Å². The summed E-state index contributed by atoms with van der Waals surface area (Å²) in [5, 5.41) is 2.19. The van der Waals surface area contributed by atoms with Crippen LogP contribution in [0.3, 0.4) is 0 Å². The lowest BCUT2D eigenvalue weighted by molar-refractivity contribution is 0.182. The van der Waals surface area contributed by atoms with E-state index < -0.39 is 0 Å². The second kappa shape index (κ2) is 1.89. The van der Waals surface area contributed by atoms with Crippen LogP contribution in [0.25, 0.3) is 0 Å². The van der Waals surface area contributed by atoms with Crippen LogP contribution in [-0.4, -0.2) is 17.6 Å². The van der Waals surface area contributed by atoms with Gasteiger partial charge in [-0.05, 0) is 19.9 Å². The van der Waals surface area contributed by atoms with Crippen LogP contribution in [-0.2, 0) is 0 Å². The fourth-order valence-electron chi connectivity index (χ4n) is 1.77. The van der Waals surface area contributed by atoms with Crippen molar-refractivity contribution in [3.8, 4) is 0 Å². The van der Waals surface area contributed by atoms with E-state index in [1.807, 2.05) is 0 Å². The van der Waals surface area contributed by atoms with Crippen molar-refractivity contribution in [3.05, 3.63) is 23.4 Å². The largest absolute Gasteiger partial charge is 0.322 e. The maximum Gasteiger partial charge on any atom is 0.0633 e. The van der Waals surface area contributed by atoms with E-state index in [1.54, 1.807) is 0 Å². The van der Waals surface area contributed by atoms with Gasteiger partial charge in [-0.3, -0.25) is 0 Å². The number of hydrazine groups is 1. The highest BCUT2D eigenvalue weighted by Gasteiger charge is 2.39. The van der Waals surface area contributed by atoms with Crippen molar-refractivity contribution in [2.75, 3.05) is 7.05 Å². The van der Waals surface area contributed by atoms with Crippen LogP contribution in [0, 0.1) is 0 Å². The Labute approximate surface area is 67.5 Å². The highest BCUT2D eigenvalue weighted by atomic mass is 15.6. The first kappa shape index (κ1) is 6.92. The minimum atomic E-state index is 0.226. The molecule has 0 aromatic rings. The van der Waals surface area contributed by atoms with Crippen LogP contribution in [0.5, 0.6) is 0 Å². The van der Waals surface area contributed by atoms with Crippen LogP contribution in [0.1, 0.15) is 20.3 Å². The third-order valence-electron chi connectivity index (χ3n) is 2.97. The SMILES string of the molecule is CC1=CC=C2CC1(C)N(C)N2. The summed E-state index contributed by atoms with van der Waals surface area (Å²) < 4.78 is 0. The summed E-state index contributed by atoms with van der Waals surface area (Å²) in [5.41, 5.74) is 6.33. The second-order valence-electron chi connectivity index (χ2n) is 3.66. The molecule has 1 saturated heterocycles. The first-order valence-corrected chi connectivity index (χ1v) is 4.01. The maximum atomic E-state index is 3.33. The number of hydrogen-bond acceptors (Lipinski definition) is 2. The van der Waals surface area contributed by atoms with Crippen molar-refractivity contribution in [1.29, 1.82) is 0 Å². The molecule has 0 radical (unpaired) electrons.